The van der Waals surface area contributed by atoms with Crippen LogP contribution >= 0.6 is 11.6 Å². The Balaban J connectivity index is 2.61. The highest BCUT2D eigenvalue weighted by molar-refractivity contribution is 6.31. The van der Waals surface area contributed by atoms with Crippen molar-refractivity contribution in [3.8, 4) is 0 Å². The predicted molar refractivity (Wildman–Crippen MR) is 79.8 cm³/mol. The van der Waals surface area contributed by atoms with Crippen LogP contribution in [0.3, 0.4) is 0 Å². The van der Waals surface area contributed by atoms with Crippen LogP contribution in [0, 0.1) is 32.4 Å². The van der Waals surface area contributed by atoms with E-state index in [4.69, 9.17) is 16.0 Å². The molecule has 2 rings (SSSR count). The van der Waals surface area contributed by atoms with Gasteiger partial charge in [0.2, 0.25) is 0 Å². The minimum Gasteiger partial charge on any atom is -0.466 e. The van der Waals surface area contributed by atoms with Crippen molar-refractivity contribution < 1.29 is 13.2 Å². The first-order valence-electron chi connectivity index (χ1n) is 6.81. The summed E-state index contributed by atoms with van der Waals surface area (Å²) in [5.41, 5.74) is 2.41. The lowest BCUT2D eigenvalue weighted by atomic mass is 9.95. The van der Waals surface area contributed by atoms with Gasteiger partial charge in [-0.2, -0.15) is 0 Å². The molecule has 1 aromatic heterocycles. The summed E-state index contributed by atoms with van der Waals surface area (Å²) < 4.78 is 32.5. The molecule has 2 nitrogen and oxygen atoms in total. The van der Waals surface area contributed by atoms with Crippen molar-refractivity contribution >= 4 is 11.6 Å². The van der Waals surface area contributed by atoms with Crippen LogP contribution in [0.15, 0.2) is 16.5 Å². The fourth-order valence-electron chi connectivity index (χ4n) is 2.57. The van der Waals surface area contributed by atoms with E-state index in [2.05, 4.69) is 5.32 Å². The van der Waals surface area contributed by atoms with E-state index in [1.807, 2.05) is 27.7 Å². The standard InChI is InChI=1S/C16H18ClF2NO/c1-5-20-16(15-8(2)9(3)21-10(15)4)11-6-13(18)14(19)7-12(11)17/h6-7,16,20H,5H2,1-4H3. The normalized spacial score (nSPS) is 12.7. The van der Waals surface area contributed by atoms with Gasteiger partial charge in [0.1, 0.15) is 11.5 Å². The maximum atomic E-state index is 13.6. The fourth-order valence-corrected chi connectivity index (χ4v) is 2.82. The van der Waals surface area contributed by atoms with Crippen molar-refractivity contribution in [1.82, 2.24) is 5.32 Å². The number of aryl methyl sites for hydroxylation is 2. The zero-order chi connectivity index (χ0) is 15.7. The first kappa shape index (κ1) is 16.0. The van der Waals surface area contributed by atoms with E-state index in [1.54, 1.807) is 0 Å². The Hall–Kier alpha value is -1.39. The van der Waals surface area contributed by atoms with Gasteiger partial charge in [-0.25, -0.2) is 8.78 Å². The van der Waals surface area contributed by atoms with Gasteiger partial charge in [-0.05, 0) is 50.6 Å². The van der Waals surface area contributed by atoms with Gasteiger partial charge in [-0.15, -0.1) is 0 Å². The molecule has 1 aromatic carbocycles. The molecule has 114 valence electrons. The molecule has 0 amide bonds. The number of nitrogens with one attached hydrogen (secondary N) is 1. The molecule has 0 radical (unpaired) electrons. The summed E-state index contributed by atoms with van der Waals surface area (Å²) in [5.74, 6) is -0.301. The third-order valence-corrected chi connectivity index (χ3v) is 3.99. The Kier molecular flexibility index (Phi) is 4.69. The summed E-state index contributed by atoms with van der Waals surface area (Å²) in [6.07, 6.45) is 0. The van der Waals surface area contributed by atoms with Crippen molar-refractivity contribution in [2.75, 3.05) is 6.54 Å². The molecule has 0 aliphatic carbocycles. The summed E-state index contributed by atoms with van der Waals surface area (Å²) >= 11 is 6.12. The zero-order valence-corrected chi connectivity index (χ0v) is 13.2. The largest absolute Gasteiger partial charge is 0.466 e. The molecule has 1 unspecified atom stereocenters. The van der Waals surface area contributed by atoms with Crippen molar-refractivity contribution in [2.24, 2.45) is 0 Å². The molecule has 1 N–H and O–H groups in total. The Bertz CT molecular complexity index is 667. The first-order chi connectivity index (χ1) is 9.86. The lowest BCUT2D eigenvalue weighted by Gasteiger charge is -2.20. The molecule has 0 aliphatic heterocycles. The Morgan fingerprint density at radius 1 is 1.14 bits per heavy atom. The number of benzene rings is 1. The SMILES string of the molecule is CCNC(c1cc(F)c(F)cc1Cl)c1c(C)oc(C)c1C. The van der Waals surface area contributed by atoms with Gasteiger partial charge in [0.25, 0.3) is 0 Å². The highest BCUT2D eigenvalue weighted by Gasteiger charge is 2.25. The van der Waals surface area contributed by atoms with E-state index in [9.17, 15) is 8.78 Å². The quantitative estimate of drug-likeness (QED) is 0.817. The van der Waals surface area contributed by atoms with Crippen LogP contribution in [0.4, 0.5) is 8.78 Å². The molecule has 0 aliphatic rings. The van der Waals surface area contributed by atoms with Crippen molar-refractivity contribution in [2.45, 2.75) is 33.7 Å². The fraction of sp³-hybridized carbons (Fsp3) is 0.375. The van der Waals surface area contributed by atoms with Gasteiger partial charge in [-0.3, -0.25) is 0 Å². The van der Waals surface area contributed by atoms with Crippen LogP contribution in [0.5, 0.6) is 0 Å². The molecule has 0 bridgehead atoms. The van der Waals surface area contributed by atoms with E-state index >= 15 is 0 Å². The second-order valence-corrected chi connectivity index (χ2v) is 5.44. The van der Waals surface area contributed by atoms with Crippen molar-refractivity contribution in [3.05, 3.63) is 57.0 Å². The molecular weight excluding hydrogens is 296 g/mol. The molecule has 0 fully saturated rings. The maximum Gasteiger partial charge on any atom is 0.160 e. The van der Waals surface area contributed by atoms with E-state index in [0.29, 0.717) is 12.1 Å². The third kappa shape index (κ3) is 2.97. The molecule has 5 heteroatoms. The van der Waals surface area contributed by atoms with E-state index in [0.717, 1.165) is 34.8 Å². The van der Waals surface area contributed by atoms with Crippen LogP contribution < -0.4 is 5.32 Å². The number of hydrogen-bond donors (Lipinski definition) is 1. The van der Waals surface area contributed by atoms with E-state index < -0.39 is 11.6 Å². The summed E-state index contributed by atoms with van der Waals surface area (Å²) in [7, 11) is 0. The average molecular weight is 314 g/mol. The second kappa shape index (κ2) is 6.16. The summed E-state index contributed by atoms with van der Waals surface area (Å²) in [5, 5.41) is 3.46. The monoisotopic (exact) mass is 313 g/mol. The number of furan rings is 1. The number of hydrogen-bond acceptors (Lipinski definition) is 2. The summed E-state index contributed by atoms with van der Waals surface area (Å²) in [6.45, 7) is 8.27. The van der Waals surface area contributed by atoms with Gasteiger partial charge in [0.05, 0.1) is 6.04 Å². The van der Waals surface area contributed by atoms with Gasteiger partial charge < -0.3 is 9.73 Å². The lowest BCUT2D eigenvalue weighted by molar-refractivity contribution is 0.491. The summed E-state index contributed by atoms with van der Waals surface area (Å²) in [4.78, 5) is 0. The smallest absolute Gasteiger partial charge is 0.160 e. The Morgan fingerprint density at radius 2 is 1.76 bits per heavy atom. The Morgan fingerprint density at radius 3 is 2.29 bits per heavy atom. The first-order valence-corrected chi connectivity index (χ1v) is 7.18. The second-order valence-electron chi connectivity index (χ2n) is 5.03. The molecule has 2 aromatic rings. The zero-order valence-electron chi connectivity index (χ0n) is 12.5. The third-order valence-electron chi connectivity index (χ3n) is 3.67. The molecule has 21 heavy (non-hydrogen) atoms. The van der Waals surface area contributed by atoms with E-state index in [-0.39, 0.29) is 11.1 Å². The molecule has 1 heterocycles. The molecule has 0 saturated heterocycles. The van der Waals surface area contributed by atoms with Crippen LogP contribution in [-0.4, -0.2) is 6.54 Å². The highest BCUT2D eigenvalue weighted by atomic mass is 35.5. The van der Waals surface area contributed by atoms with Crippen molar-refractivity contribution in [1.29, 1.82) is 0 Å². The van der Waals surface area contributed by atoms with Crippen LogP contribution in [0.2, 0.25) is 5.02 Å². The van der Waals surface area contributed by atoms with Crippen molar-refractivity contribution in [3.63, 3.8) is 0 Å². The van der Waals surface area contributed by atoms with Gasteiger partial charge in [0, 0.05) is 10.6 Å². The predicted octanol–water partition coefficient (Wildman–Crippen LogP) is 4.84. The molecule has 0 saturated carbocycles. The number of halogens is 3. The molecule has 0 spiro atoms. The topological polar surface area (TPSA) is 25.2 Å². The number of rotatable bonds is 4. The summed E-state index contributed by atoms with van der Waals surface area (Å²) in [6, 6.07) is 1.82. The van der Waals surface area contributed by atoms with Crippen LogP contribution in [-0.2, 0) is 0 Å². The van der Waals surface area contributed by atoms with E-state index in [1.165, 1.54) is 0 Å². The van der Waals surface area contributed by atoms with Gasteiger partial charge in [0.15, 0.2) is 11.6 Å². The molecule has 1 atom stereocenters. The minimum atomic E-state index is -0.948. The minimum absolute atomic E-state index is 0.192. The van der Waals surface area contributed by atoms with Crippen LogP contribution in [0.25, 0.3) is 0 Å². The highest BCUT2D eigenvalue weighted by Crippen LogP contribution is 2.35. The van der Waals surface area contributed by atoms with Gasteiger partial charge >= 0.3 is 0 Å². The Labute approximate surface area is 128 Å². The average Bonchev–Trinajstić information content (AvgIpc) is 2.66. The van der Waals surface area contributed by atoms with Crippen LogP contribution in [0.1, 0.15) is 41.2 Å². The lowest BCUT2D eigenvalue weighted by Crippen LogP contribution is -2.23. The molecular formula is C16H18ClF2NO. The van der Waals surface area contributed by atoms with Gasteiger partial charge in [-0.1, -0.05) is 18.5 Å². The maximum absolute atomic E-state index is 13.6.